The van der Waals surface area contributed by atoms with Crippen molar-refractivity contribution in [2.75, 3.05) is 12.4 Å². The number of hydrogen-bond donors (Lipinski definition) is 1. The molecule has 2 aromatic rings. The Morgan fingerprint density at radius 1 is 1.00 bits per heavy atom. The monoisotopic (exact) mass is 366 g/mol. The average Bonchev–Trinajstić information content (AvgIpc) is 3.01. The fourth-order valence-electron chi connectivity index (χ4n) is 3.52. The van der Waals surface area contributed by atoms with Crippen LogP contribution < -0.4 is 0 Å². The van der Waals surface area contributed by atoms with Crippen LogP contribution in [-0.2, 0) is 9.84 Å². The van der Waals surface area contributed by atoms with Gasteiger partial charge in [-0.05, 0) is 54.5 Å². The fraction of sp³-hybridized carbons (Fsp3) is 0.368. The van der Waals surface area contributed by atoms with Crippen LogP contribution in [0.4, 0.5) is 8.78 Å². The molecule has 1 N–H and O–H groups in total. The van der Waals surface area contributed by atoms with Gasteiger partial charge in [0.1, 0.15) is 11.6 Å². The third-order valence-corrected chi connectivity index (χ3v) is 6.80. The topological polar surface area (TPSA) is 54.4 Å². The summed E-state index contributed by atoms with van der Waals surface area (Å²) in [5.74, 6) is -1.31. The van der Waals surface area contributed by atoms with Gasteiger partial charge in [-0.2, -0.15) is 0 Å². The lowest BCUT2D eigenvalue weighted by Gasteiger charge is -2.17. The quantitative estimate of drug-likeness (QED) is 0.875. The summed E-state index contributed by atoms with van der Waals surface area (Å²) in [6.07, 6.45) is 2.61. The summed E-state index contributed by atoms with van der Waals surface area (Å²) < 4.78 is 52.0. The molecule has 1 aliphatic carbocycles. The lowest BCUT2D eigenvalue weighted by molar-refractivity contribution is 0.202. The molecule has 1 aliphatic rings. The zero-order chi connectivity index (χ0) is 18.0. The van der Waals surface area contributed by atoms with Crippen molar-refractivity contribution in [1.29, 1.82) is 0 Å². The summed E-state index contributed by atoms with van der Waals surface area (Å²) in [6.45, 7) is 0.0168. The van der Waals surface area contributed by atoms with Crippen molar-refractivity contribution < 1.29 is 22.3 Å². The van der Waals surface area contributed by atoms with Gasteiger partial charge in [0.25, 0.3) is 0 Å². The SMILES string of the molecule is O=S(=O)(CC1CCC[C@@H]1CO)c1ccc(-c2ccc(F)cc2F)cc1. The van der Waals surface area contributed by atoms with Crippen molar-refractivity contribution in [2.24, 2.45) is 11.8 Å². The highest BCUT2D eigenvalue weighted by atomic mass is 32.2. The first-order valence-corrected chi connectivity index (χ1v) is 9.95. The zero-order valence-electron chi connectivity index (χ0n) is 13.7. The third kappa shape index (κ3) is 3.90. The molecule has 0 heterocycles. The Bertz CT molecular complexity index is 847. The van der Waals surface area contributed by atoms with E-state index in [-0.39, 0.29) is 34.7 Å². The van der Waals surface area contributed by atoms with E-state index in [2.05, 4.69) is 0 Å². The molecular formula is C19H20F2O3S. The van der Waals surface area contributed by atoms with E-state index in [0.717, 1.165) is 31.4 Å². The molecule has 134 valence electrons. The summed E-state index contributed by atoms with van der Waals surface area (Å²) in [7, 11) is -3.47. The van der Waals surface area contributed by atoms with Gasteiger partial charge >= 0.3 is 0 Å². The second-order valence-corrected chi connectivity index (χ2v) is 8.60. The van der Waals surface area contributed by atoms with E-state index in [1.165, 1.54) is 30.3 Å². The van der Waals surface area contributed by atoms with Crippen LogP contribution in [0.25, 0.3) is 11.1 Å². The number of halogens is 2. The second kappa shape index (κ2) is 7.22. The maximum absolute atomic E-state index is 13.8. The molecule has 0 aliphatic heterocycles. The van der Waals surface area contributed by atoms with Crippen LogP contribution in [0.5, 0.6) is 0 Å². The lowest BCUT2D eigenvalue weighted by atomic mass is 9.99. The minimum absolute atomic E-state index is 0.0164. The summed E-state index contributed by atoms with van der Waals surface area (Å²) >= 11 is 0. The number of hydrogen-bond acceptors (Lipinski definition) is 3. The van der Waals surface area contributed by atoms with Crippen LogP contribution >= 0.6 is 0 Å². The number of rotatable bonds is 5. The molecule has 0 bridgehead atoms. The molecule has 1 fully saturated rings. The molecule has 0 aromatic heterocycles. The lowest BCUT2D eigenvalue weighted by Crippen LogP contribution is -2.22. The Morgan fingerprint density at radius 2 is 1.68 bits per heavy atom. The molecule has 3 rings (SSSR count). The number of benzene rings is 2. The minimum Gasteiger partial charge on any atom is -0.396 e. The normalized spacial score (nSPS) is 20.8. The smallest absolute Gasteiger partial charge is 0.178 e. The van der Waals surface area contributed by atoms with E-state index in [1.54, 1.807) is 0 Å². The van der Waals surface area contributed by atoms with Gasteiger partial charge in [0, 0.05) is 18.2 Å². The first kappa shape index (κ1) is 18.0. The highest BCUT2D eigenvalue weighted by molar-refractivity contribution is 7.91. The highest BCUT2D eigenvalue weighted by Crippen LogP contribution is 2.34. The van der Waals surface area contributed by atoms with Gasteiger partial charge in [-0.15, -0.1) is 0 Å². The molecule has 0 spiro atoms. The van der Waals surface area contributed by atoms with Crippen LogP contribution in [0.15, 0.2) is 47.4 Å². The van der Waals surface area contributed by atoms with Crippen molar-refractivity contribution in [1.82, 2.24) is 0 Å². The molecule has 1 saturated carbocycles. The van der Waals surface area contributed by atoms with Gasteiger partial charge in [-0.25, -0.2) is 17.2 Å². The fourth-order valence-corrected chi connectivity index (χ4v) is 5.26. The molecule has 0 amide bonds. The van der Waals surface area contributed by atoms with E-state index in [1.807, 2.05) is 0 Å². The Balaban J connectivity index is 1.81. The van der Waals surface area contributed by atoms with Crippen LogP contribution in [0.2, 0.25) is 0 Å². The van der Waals surface area contributed by atoms with Gasteiger partial charge in [0.2, 0.25) is 0 Å². The summed E-state index contributed by atoms with van der Waals surface area (Å²) in [6, 6.07) is 9.27. The van der Waals surface area contributed by atoms with Crippen molar-refractivity contribution in [2.45, 2.75) is 24.2 Å². The predicted molar refractivity (Wildman–Crippen MR) is 91.8 cm³/mol. The van der Waals surface area contributed by atoms with Gasteiger partial charge in [-0.1, -0.05) is 18.6 Å². The molecule has 1 unspecified atom stereocenters. The van der Waals surface area contributed by atoms with Gasteiger partial charge in [-0.3, -0.25) is 0 Å². The largest absolute Gasteiger partial charge is 0.396 e. The second-order valence-electron chi connectivity index (χ2n) is 6.56. The molecule has 25 heavy (non-hydrogen) atoms. The van der Waals surface area contributed by atoms with Crippen LogP contribution in [0, 0.1) is 23.5 Å². The van der Waals surface area contributed by atoms with Crippen molar-refractivity contribution in [3.8, 4) is 11.1 Å². The summed E-state index contributed by atoms with van der Waals surface area (Å²) in [4.78, 5) is 0.183. The highest BCUT2D eigenvalue weighted by Gasteiger charge is 2.31. The Labute approximate surface area is 146 Å². The first-order valence-electron chi connectivity index (χ1n) is 8.30. The van der Waals surface area contributed by atoms with E-state index >= 15 is 0 Å². The van der Waals surface area contributed by atoms with Gasteiger partial charge < -0.3 is 5.11 Å². The van der Waals surface area contributed by atoms with Crippen molar-refractivity contribution in [3.63, 3.8) is 0 Å². The van der Waals surface area contributed by atoms with Crippen molar-refractivity contribution in [3.05, 3.63) is 54.1 Å². The third-order valence-electron chi connectivity index (χ3n) is 4.94. The number of aliphatic hydroxyl groups excluding tert-OH is 1. The van der Waals surface area contributed by atoms with Crippen LogP contribution in [0.1, 0.15) is 19.3 Å². The minimum atomic E-state index is -3.47. The van der Waals surface area contributed by atoms with Crippen molar-refractivity contribution >= 4 is 9.84 Å². The molecule has 0 saturated heterocycles. The maximum Gasteiger partial charge on any atom is 0.178 e. The maximum atomic E-state index is 13.8. The zero-order valence-corrected chi connectivity index (χ0v) is 14.5. The average molecular weight is 366 g/mol. The van der Waals surface area contributed by atoms with Gasteiger partial charge in [0.05, 0.1) is 10.6 Å². The Hall–Kier alpha value is -1.79. The summed E-state index contributed by atoms with van der Waals surface area (Å²) in [5.41, 5.74) is 0.715. The van der Waals surface area contributed by atoms with Crippen LogP contribution in [-0.4, -0.2) is 25.9 Å². The Morgan fingerprint density at radius 3 is 2.32 bits per heavy atom. The Kier molecular flexibility index (Phi) is 5.20. The van der Waals surface area contributed by atoms with E-state index < -0.39 is 21.5 Å². The number of aliphatic hydroxyl groups is 1. The number of sulfone groups is 1. The standard InChI is InChI=1S/C19H20F2O3S/c20-16-6-9-18(19(21)10-16)13-4-7-17(8-5-13)25(23,24)12-15-3-1-2-14(15)11-22/h4-10,14-15,22H,1-3,11-12H2/t14-,15?/m1/s1. The molecule has 2 atom stereocenters. The van der Waals surface area contributed by atoms with E-state index in [4.69, 9.17) is 0 Å². The molecule has 3 nitrogen and oxygen atoms in total. The summed E-state index contributed by atoms with van der Waals surface area (Å²) in [5, 5.41) is 9.35. The van der Waals surface area contributed by atoms with Crippen LogP contribution in [0.3, 0.4) is 0 Å². The van der Waals surface area contributed by atoms with Gasteiger partial charge in [0.15, 0.2) is 9.84 Å². The predicted octanol–water partition coefficient (Wildman–Crippen LogP) is 3.81. The molecular weight excluding hydrogens is 346 g/mol. The molecule has 2 aromatic carbocycles. The van der Waals surface area contributed by atoms with E-state index in [0.29, 0.717) is 5.56 Å². The first-order chi connectivity index (χ1) is 11.9. The molecule has 6 heteroatoms. The molecule has 0 radical (unpaired) electrons. The van der Waals surface area contributed by atoms with E-state index in [9.17, 15) is 22.3 Å².